The number of halogens is 3. The first-order valence-corrected chi connectivity index (χ1v) is 7.63. The van der Waals surface area contributed by atoms with Gasteiger partial charge in [-0.1, -0.05) is 12.1 Å². The Kier molecular flexibility index (Phi) is 5.25. The van der Waals surface area contributed by atoms with Crippen LogP contribution in [0, 0.1) is 0 Å². The van der Waals surface area contributed by atoms with E-state index in [2.05, 4.69) is 5.32 Å². The van der Waals surface area contributed by atoms with Crippen molar-refractivity contribution in [1.82, 2.24) is 5.32 Å². The van der Waals surface area contributed by atoms with E-state index in [4.69, 9.17) is 4.65 Å². The molecule has 0 spiro atoms. The van der Waals surface area contributed by atoms with Crippen molar-refractivity contribution in [1.29, 1.82) is 0 Å². The fourth-order valence-corrected chi connectivity index (χ4v) is 2.60. The molecule has 2 N–H and O–H groups in total. The van der Waals surface area contributed by atoms with Crippen molar-refractivity contribution in [3.05, 3.63) is 29.3 Å². The molecule has 10 heteroatoms. The number of nitrogens with one attached hydrogen (secondary N) is 1. The van der Waals surface area contributed by atoms with Crippen molar-refractivity contribution in [2.24, 2.45) is 0 Å². The Bertz CT molecular complexity index is 626. The van der Waals surface area contributed by atoms with Crippen LogP contribution in [0.1, 0.15) is 22.8 Å². The number of benzene rings is 1. The number of carbonyl (C=O) groups excluding carboxylic acids is 2. The van der Waals surface area contributed by atoms with Gasteiger partial charge in [0.2, 0.25) is 5.91 Å². The van der Waals surface area contributed by atoms with Crippen LogP contribution in [0.4, 0.5) is 13.2 Å². The maximum Gasteiger partial charge on any atom is 0.547 e. The molecule has 5 nitrogen and oxygen atoms in total. The number of fused-ring (bicyclic) bond motifs is 1. The lowest BCUT2D eigenvalue weighted by molar-refractivity contribution is -0.119. The van der Waals surface area contributed by atoms with Gasteiger partial charge in [-0.05, 0) is 36.7 Å². The quantitative estimate of drug-likeness (QED) is 0.639. The molecule has 0 fully saturated rings. The lowest BCUT2D eigenvalue weighted by atomic mass is 9.72. The van der Waals surface area contributed by atoms with Crippen LogP contribution in [0.5, 0.6) is 5.75 Å². The first-order chi connectivity index (χ1) is 10.7. The van der Waals surface area contributed by atoms with Crippen molar-refractivity contribution in [2.75, 3.05) is 5.75 Å². The summed E-state index contributed by atoms with van der Waals surface area (Å²) in [7, 11) is -1.44. The van der Waals surface area contributed by atoms with Crippen molar-refractivity contribution >= 4 is 30.6 Å². The number of ketones is 1. The molecule has 0 radical (unpaired) electrons. The summed E-state index contributed by atoms with van der Waals surface area (Å²) in [6.45, 7) is 1.35. The zero-order valence-electron chi connectivity index (χ0n) is 12.0. The summed E-state index contributed by atoms with van der Waals surface area (Å²) in [6, 6.07) is 4.85. The SMILES string of the molecule is CC(=O)c1cccc2c1OB(O)[C@@H](NC(=O)CSC(F)(F)F)C2. The Morgan fingerprint density at radius 3 is 2.78 bits per heavy atom. The first kappa shape index (κ1) is 17.7. The van der Waals surface area contributed by atoms with Crippen LogP contribution in [0.15, 0.2) is 18.2 Å². The Labute approximate surface area is 134 Å². The summed E-state index contributed by atoms with van der Waals surface area (Å²) in [6.07, 6.45) is 0.153. The summed E-state index contributed by atoms with van der Waals surface area (Å²) >= 11 is -0.456. The third kappa shape index (κ3) is 4.65. The summed E-state index contributed by atoms with van der Waals surface area (Å²) < 4.78 is 41.5. The zero-order chi connectivity index (χ0) is 17.2. The minimum absolute atomic E-state index is 0.153. The Morgan fingerprint density at radius 1 is 1.48 bits per heavy atom. The fraction of sp³-hybridized carbons (Fsp3) is 0.385. The topological polar surface area (TPSA) is 75.6 Å². The van der Waals surface area contributed by atoms with E-state index in [1.54, 1.807) is 18.2 Å². The smallest absolute Gasteiger partial charge is 0.534 e. The second-order valence-corrected chi connectivity index (χ2v) is 6.01. The third-order valence-corrected chi connectivity index (χ3v) is 3.95. The average molecular weight is 347 g/mol. The molecule has 1 aliphatic heterocycles. The van der Waals surface area contributed by atoms with Crippen molar-refractivity contribution in [3.8, 4) is 5.75 Å². The van der Waals surface area contributed by atoms with Crippen LogP contribution < -0.4 is 9.97 Å². The van der Waals surface area contributed by atoms with Crippen LogP contribution in [-0.4, -0.2) is 41.0 Å². The highest BCUT2D eigenvalue weighted by atomic mass is 32.2. The van der Waals surface area contributed by atoms with Gasteiger partial charge in [-0.25, -0.2) is 0 Å². The van der Waals surface area contributed by atoms with E-state index in [9.17, 15) is 27.8 Å². The van der Waals surface area contributed by atoms with Crippen LogP contribution in [-0.2, 0) is 11.2 Å². The van der Waals surface area contributed by atoms with Crippen molar-refractivity contribution in [2.45, 2.75) is 24.8 Å². The number of thioether (sulfide) groups is 1. The fourth-order valence-electron chi connectivity index (χ4n) is 2.22. The van der Waals surface area contributed by atoms with Crippen LogP contribution >= 0.6 is 11.8 Å². The third-order valence-electron chi connectivity index (χ3n) is 3.21. The monoisotopic (exact) mass is 347 g/mol. The standard InChI is InChI=1S/C13H13BF3NO4S/c1-7(19)9-4-2-3-8-5-10(14(21)22-12(8)9)18-11(20)6-23-13(15,16)17/h2-4,10,21H,5-6H2,1H3,(H,18,20)/t10-/m0/s1. The summed E-state index contributed by atoms with van der Waals surface area (Å²) in [5, 5.41) is 12.2. The highest BCUT2D eigenvalue weighted by Crippen LogP contribution is 2.31. The molecule has 23 heavy (non-hydrogen) atoms. The molecule has 0 bridgehead atoms. The second-order valence-electron chi connectivity index (χ2n) is 4.97. The molecule has 0 aliphatic carbocycles. The first-order valence-electron chi connectivity index (χ1n) is 6.65. The van der Waals surface area contributed by atoms with Gasteiger partial charge in [0.25, 0.3) is 0 Å². The van der Waals surface area contributed by atoms with Gasteiger partial charge >= 0.3 is 12.6 Å². The molecular weight excluding hydrogens is 334 g/mol. The normalized spacial score (nSPS) is 17.3. The Morgan fingerprint density at radius 2 is 2.17 bits per heavy atom. The highest BCUT2D eigenvalue weighted by molar-refractivity contribution is 8.00. The molecule has 0 saturated carbocycles. The van der Waals surface area contributed by atoms with E-state index < -0.39 is 42.0 Å². The average Bonchev–Trinajstić information content (AvgIpc) is 2.44. The van der Waals surface area contributed by atoms with E-state index in [1.165, 1.54) is 6.92 Å². The molecule has 1 heterocycles. The van der Waals surface area contributed by atoms with E-state index in [0.717, 1.165) is 0 Å². The summed E-state index contributed by atoms with van der Waals surface area (Å²) in [4.78, 5) is 23.1. The van der Waals surface area contributed by atoms with Crippen molar-refractivity contribution in [3.63, 3.8) is 0 Å². The van der Waals surface area contributed by atoms with Gasteiger partial charge in [-0.15, -0.1) is 0 Å². The Hall–Kier alpha value is -1.68. The molecule has 1 atom stereocenters. The van der Waals surface area contributed by atoms with E-state index in [-0.39, 0.29) is 18.0 Å². The van der Waals surface area contributed by atoms with Gasteiger partial charge in [0, 0.05) is 0 Å². The molecule has 0 unspecified atom stereocenters. The molecule has 1 aliphatic rings. The number of rotatable bonds is 4. The zero-order valence-corrected chi connectivity index (χ0v) is 12.8. The van der Waals surface area contributed by atoms with Gasteiger partial charge in [0.05, 0.1) is 17.3 Å². The number of hydrogen-bond donors (Lipinski definition) is 2. The number of alkyl halides is 3. The maximum atomic E-state index is 12.1. The van der Waals surface area contributed by atoms with Crippen LogP contribution in [0.3, 0.4) is 0 Å². The second kappa shape index (κ2) is 6.83. The number of carbonyl (C=O) groups is 2. The number of hydrogen-bond acceptors (Lipinski definition) is 5. The van der Waals surface area contributed by atoms with E-state index >= 15 is 0 Å². The maximum absolute atomic E-state index is 12.1. The minimum atomic E-state index is -4.50. The van der Waals surface area contributed by atoms with Gasteiger partial charge in [0.1, 0.15) is 5.75 Å². The van der Waals surface area contributed by atoms with Gasteiger partial charge in [0.15, 0.2) is 5.78 Å². The Balaban J connectivity index is 2.06. The lowest BCUT2D eigenvalue weighted by Crippen LogP contribution is -2.53. The van der Waals surface area contributed by atoms with Gasteiger partial charge in [-0.3, -0.25) is 9.59 Å². The predicted molar refractivity (Wildman–Crippen MR) is 79.2 cm³/mol. The summed E-state index contributed by atoms with van der Waals surface area (Å²) in [5.74, 6) is -2.54. The molecule has 1 aromatic rings. The lowest BCUT2D eigenvalue weighted by Gasteiger charge is -2.29. The highest BCUT2D eigenvalue weighted by Gasteiger charge is 2.38. The molecule has 0 aromatic heterocycles. The van der Waals surface area contributed by atoms with Gasteiger partial charge in [-0.2, -0.15) is 13.2 Å². The largest absolute Gasteiger partial charge is 0.547 e. The van der Waals surface area contributed by atoms with Crippen LogP contribution in [0.2, 0.25) is 0 Å². The molecule has 2 rings (SSSR count). The summed E-state index contributed by atoms with van der Waals surface area (Å²) in [5.41, 5.74) is -3.60. The van der Waals surface area contributed by atoms with Crippen molar-refractivity contribution < 1.29 is 32.4 Å². The molecule has 0 saturated heterocycles. The predicted octanol–water partition coefficient (Wildman–Crippen LogP) is 1.58. The minimum Gasteiger partial charge on any atom is -0.534 e. The van der Waals surface area contributed by atoms with E-state index in [0.29, 0.717) is 11.1 Å². The number of para-hydroxylation sites is 1. The number of amides is 1. The molecule has 1 amide bonds. The molecule has 124 valence electrons. The van der Waals surface area contributed by atoms with Crippen LogP contribution in [0.25, 0.3) is 0 Å². The van der Waals surface area contributed by atoms with Gasteiger partial charge < -0.3 is 15.0 Å². The van der Waals surface area contributed by atoms with E-state index in [1.807, 2.05) is 0 Å². The molecular formula is C13H13BF3NO4S. The molecule has 1 aromatic carbocycles. The number of Topliss-reactive ketones (excluding diaryl/α,β-unsaturated/α-hetero) is 1.